The third-order valence-electron chi connectivity index (χ3n) is 3.70. The average molecular weight is 320 g/mol. The molecule has 5 nitrogen and oxygen atoms in total. The van der Waals surface area contributed by atoms with Gasteiger partial charge in [0.25, 0.3) is 0 Å². The summed E-state index contributed by atoms with van der Waals surface area (Å²) in [5.41, 5.74) is 1.24. The molecule has 0 saturated carbocycles. The van der Waals surface area contributed by atoms with E-state index in [1.165, 1.54) is 6.26 Å². The second-order valence-corrected chi connectivity index (χ2v) is 5.36. The van der Waals surface area contributed by atoms with Gasteiger partial charge < -0.3 is 9.73 Å². The fourth-order valence-electron chi connectivity index (χ4n) is 2.32. The van der Waals surface area contributed by atoms with Crippen LogP contribution in [0.25, 0.3) is 0 Å². The summed E-state index contributed by atoms with van der Waals surface area (Å²) in [4.78, 5) is 28.8. The van der Waals surface area contributed by atoms with Crippen LogP contribution in [0.15, 0.2) is 71.5 Å². The van der Waals surface area contributed by atoms with E-state index in [9.17, 15) is 9.59 Å². The Balaban J connectivity index is 1.78. The SMILES string of the molecule is C[C@@H](C(=O)Nc1ccccn1)c1cccc(C(=O)c2ccco2)c1. The van der Waals surface area contributed by atoms with Gasteiger partial charge in [-0.3, -0.25) is 9.59 Å². The van der Waals surface area contributed by atoms with E-state index < -0.39 is 5.92 Å². The van der Waals surface area contributed by atoms with Crippen molar-refractivity contribution in [2.24, 2.45) is 0 Å². The molecule has 1 atom stereocenters. The molecule has 120 valence electrons. The third-order valence-corrected chi connectivity index (χ3v) is 3.70. The van der Waals surface area contributed by atoms with Crippen molar-refractivity contribution < 1.29 is 14.0 Å². The molecule has 1 amide bonds. The van der Waals surface area contributed by atoms with Crippen molar-refractivity contribution in [1.82, 2.24) is 4.98 Å². The number of hydrogen-bond donors (Lipinski definition) is 1. The molecule has 1 aromatic carbocycles. The van der Waals surface area contributed by atoms with Crippen LogP contribution >= 0.6 is 0 Å². The first-order valence-electron chi connectivity index (χ1n) is 7.55. The van der Waals surface area contributed by atoms with Crippen molar-refractivity contribution in [3.63, 3.8) is 0 Å². The van der Waals surface area contributed by atoms with Crippen molar-refractivity contribution in [2.45, 2.75) is 12.8 Å². The lowest BCUT2D eigenvalue weighted by Crippen LogP contribution is -2.19. The Kier molecular flexibility index (Phi) is 4.52. The third kappa shape index (κ3) is 3.41. The number of anilines is 1. The van der Waals surface area contributed by atoms with E-state index in [0.717, 1.165) is 5.56 Å². The topological polar surface area (TPSA) is 72.2 Å². The van der Waals surface area contributed by atoms with Gasteiger partial charge in [0, 0.05) is 11.8 Å². The van der Waals surface area contributed by atoms with Crippen LogP contribution in [-0.4, -0.2) is 16.7 Å². The Morgan fingerprint density at radius 1 is 1.08 bits per heavy atom. The number of nitrogens with zero attached hydrogens (tertiary/aromatic N) is 1. The number of carbonyl (C=O) groups is 2. The van der Waals surface area contributed by atoms with Crippen LogP contribution in [0.2, 0.25) is 0 Å². The smallest absolute Gasteiger partial charge is 0.232 e. The molecule has 0 radical (unpaired) electrons. The maximum atomic E-state index is 12.4. The highest BCUT2D eigenvalue weighted by Gasteiger charge is 2.18. The molecule has 0 fully saturated rings. The highest BCUT2D eigenvalue weighted by atomic mass is 16.3. The molecule has 0 unspecified atom stereocenters. The molecular formula is C19H16N2O3. The highest BCUT2D eigenvalue weighted by molar-refractivity contribution is 6.07. The zero-order chi connectivity index (χ0) is 16.9. The van der Waals surface area contributed by atoms with E-state index in [-0.39, 0.29) is 17.5 Å². The number of furan rings is 1. The molecule has 3 rings (SSSR count). The Morgan fingerprint density at radius 2 is 1.96 bits per heavy atom. The quantitative estimate of drug-likeness (QED) is 0.728. The van der Waals surface area contributed by atoms with E-state index in [4.69, 9.17) is 4.42 Å². The summed E-state index contributed by atoms with van der Waals surface area (Å²) < 4.78 is 5.14. The van der Waals surface area contributed by atoms with Gasteiger partial charge in [0.1, 0.15) is 5.82 Å². The Morgan fingerprint density at radius 3 is 2.67 bits per heavy atom. The van der Waals surface area contributed by atoms with Gasteiger partial charge in [-0.1, -0.05) is 24.3 Å². The van der Waals surface area contributed by atoms with Crippen molar-refractivity contribution >= 4 is 17.5 Å². The number of aromatic nitrogens is 1. The van der Waals surface area contributed by atoms with E-state index in [1.807, 2.05) is 6.07 Å². The van der Waals surface area contributed by atoms with Crippen LogP contribution in [0, 0.1) is 0 Å². The lowest BCUT2D eigenvalue weighted by Gasteiger charge is -2.13. The summed E-state index contributed by atoms with van der Waals surface area (Å²) in [6.07, 6.45) is 3.07. The number of rotatable bonds is 5. The first kappa shape index (κ1) is 15.7. The molecule has 2 aromatic heterocycles. The number of benzene rings is 1. The zero-order valence-electron chi connectivity index (χ0n) is 13.1. The summed E-state index contributed by atoms with van der Waals surface area (Å²) in [7, 11) is 0. The van der Waals surface area contributed by atoms with E-state index in [0.29, 0.717) is 11.4 Å². The van der Waals surface area contributed by atoms with Gasteiger partial charge in [0.05, 0.1) is 12.2 Å². The molecule has 0 aliphatic rings. The molecule has 2 heterocycles. The van der Waals surface area contributed by atoms with Gasteiger partial charge in [-0.2, -0.15) is 0 Å². The van der Waals surface area contributed by atoms with Crippen LogP contribution in [0.3, 0.4) is 0 Å². The predicted molar refractivity (Wildman–Crippen MR) is 89.9 cm³/mol. The molecule has 3 aromatic rings. The molecule has 24 heavy (non-hydrogen) atoms. The predicted octanol–water partition coefficient (Wildman–Crippen LogP) is 3.65. The molecule has 5 heteroatoms. The molecule has 0 aliphatic heterocycles. The minimum atomic E-state index is -0.420. The fraction of sp³-hybridized carbons (Fsp3) is 0.105. The number of pyridine rings is 1. The number of amides is 1. The largest absolute Gasteiger partial charge is 0.461 e. The van der Waals surface area contributed by atoms with Crippen LogP contribution in [0.4, 0.5) is 5.82 Å². The van der Waals surface area contributed by atoms with Crippen molar-refractivity contribution in [1.29, 1.82) is 0 Å². The molecule has 0 aliphatic carbocycles. The maximum Gasteiger partial charge on any atom is 0.232 e. The van der Waals surface area contributed by atoms with Crippen molar-refractivity contribution in [2.75, 3.05) is 5.32 Å². The summed E-state index contributed by atoms with van der Waals surface area (Å²) in [5, 5.41) is 2.76. The summed E-state index contributed by atoms with van der Waals surface area (Å²) in [6.45, 7) is 1.79. The normalized spacial score (nSPS) is 11.7. The van der Waals surface area contributed by atoms with Crippen molar-refractivity contribution in [3.8, 4) is 0 Å². The van der Waals surface area contributed by atoms with Gasteiger partial charge in [-0.05, 0) is 42.8 Å². The molecular weight excluding hydrogens is 304 g/mol. The summed E-state index contributed by atoms with van der Waals surface area (Å²) >= 11 is 0. The van der Waals surface area contributed by atoms with Crippen LogP contribution in [-0.2, 0) is 4.79 Å². The first-order chi connectivity index (χ1) is 11.6. The summed E-state index contributed by atoms with van der Waals surface area (Å²) in [5.74, 6) is -0.0401. The van der Waals surface area contributed by atoms with Crippen molar-refractivity contribution in [3.05, 3.63) is 83.9 Å². The molecule has 0 bridgehead atoms. The second-order valence-electron chi connectivity index (χ2n) is 5.36. The van der Waals surface area contributed by atoms with E-state index >= 15 is 0 Å². The monoisotopic (exact) mass is 320 g/mol. The van der Waals surface area contributed by atoms with Gasteiger partial charge >= 0.3 is 0 Å². The van der Waals surface area contributed by atoms with E-state index in [1.54, 1.807) is 61.7 Å². The summed E-state index contributed by atoms with van der Waals surface area (Å²) in [6, 6.07) is 15.6. The lowest BCUT2D eigenvalue weighted by atomic mass is 9.96. The second kappa shape index (κ2) is 6.91. The maximum absolute atomic E-state index is 12.4. The Labute approximate surface area is 139 Å². The number of ketones is 1. The van der Waals surface area contributed by atoms with Crippen LogP contribution in [0.5, 0.6) is 0 Å². The van der Waals surface area contributed by atoms with Crippen LogP contribution < -0.4 is 5.32 Å². The van der Waals surface area contributed by atoms with Crippen LogP contribution in [0.1, 0.15) is 34.5 Å². The molecule has 1 N–H and O–H groups in total. The van der Waals surface area contributed by atoms with Gasteiger partial charge in [0.2, 0.25) is 11.7 Å². The Hall–Kier alpha value is -3.21. The number of hydrogen-bond acceptors (Lipinski definition) is 4. The minimum absolute atomic E-state index is 0.184. The lowest BCUT2D eigenvalue weighted by molar-refractivity contribution is -0.117. The minimum Gasteiger partial charge on any atom is -0.461 e. The Bertz CT molecular complexity index is 842. The highest BCUT2D eigenvalue weighted by Crippen LogP contribution is 2.20. The molecule has 0 spiro atoms. The van der Waals surface area contributed by atoms with Gasteiger partial charge in [-0.25, -0.2) is 4.98 Å². The number of nitrogens with one attached hydrogen (secondary N) is 1. The van der Waals surface area contributed by atoms with Gasteiger partial charge in [0.15, 0.2) is 5.76 Å². The zero-order valence-corrected chi connectivity index (χ0v) is 13.1. The standard InChI is InChI=1S/C19H16N2O3/c1-13(19(23)21-17-9-2-3-10-20-17)14-6-4-7-15(12-14)18(22)16-8-5-11-24-16/h2-13H,1H3,(H,20,21,23)/t13-/m1/s1. The fourth-order valence-corrected chi connectivity index (χ4v) is 2.32. The average Bonchev–Trinajstić information content (AvgIpc) is 3.16. The van der Waals surface area contributed by atoms with Gasteiger partial charge in [-0.15, -0.1) is 0 Å². The first-order valence-corrected chi connectivity index (χ1v) is 7.55. The van der Waals surface area contributed by atoms with E-state index in [2.05, 4.69) is 10.3 Å². The molecule has 0 saturated heterocycles. The number of carbonyl (C=O) groups excluding carboxylic acids is 2.